The molecule has 0 fully saturated rings. The number of aromatic carboxylic acids is 1. The van der Waals surface area contributed by atoms with Crippen molar-refractivity contribution < 1.29 is 19.4 Å². The fourth-order valence-electron chi connectivity index (χ4n) is 4.44. The molecule has 7 heteroatoms. The van der Waals surface area contributed by atoms with Gasteiger partial charge in [0, 0.05) is 26.0 Å². The number of nitrogens with zero attached hydrogens (tertiary/aromatic N) is 2. The predicted octanol–water partition coefficient (Wildman–Crippen LogP) is 5.52. The number of methoxy groups -OCH3 is 2. The third-order valence-electron chi connectivity index (χ3n) is 6.21. The van der Waals surface area contributed by atoms with Crippen LogP contribution < -0.4 is 5.69 Å². The van der Waals surface area contributed by atoms with Gasteiger partial charge in [-0.15, -0.1) is 0 Å². The molecule has 0 spiro atoms. The van der Waals surface area contributed by atoms with E-state index in [9.17, 15) is 14.7 Å². The maximum absolute atomic E-state index is 13.6. The summed E-state index contributed by atoms with van der Waals surface area (Å²) in [7, 11) is 3.17. The van der Waals surface area contributed by atoms with Crippen LogP contribution in [0.3, 0.4) is 0 Å². The van der Waals surface area contributed by atoms with Gasteiger partial charge in [0.1, 0.15) is 0 Å². The number of carboxylic acids is 1. The molecule has 0 saturated heterocycles. The Labute approximate surface area is 206 Å². The van der Waals surface area contributed by atoms with Gasteiger partial charge < -0.3 is 14.6 Å². The van der Waals surface area contributed by atoms with Crippen LogP contribution in [-0.4, -0.2) is 34.4 Å². The summed E-state index contributed by atoms with van der Waals surface area (Å²) in [6, 6.07) is 14.6. The number of rotatable bonds is 11. The summed E-state index contributed by atoms with van der Waals surface area (Å²) < 4.78 is 14.8. The molecule has 0 saturated carbocycles. The fourth-order valence-corrected chi connectivity index (χ4v) is 4.44. The number of hydrogen-bond acceptors (Lipinski definition) is 4. The van der Waals surface area contributed by atoms with Crippen molar-refractivity contribution in [3.8, 4) is 11.1 Å². The number of carboxylic acid groups (broad SMARTS) is 1. The van der Waals surface area contributed by atoms with Gasteiger partial charge in [-0.1, -0.05) is 56.3 Å². The molecule has 35 heavy (non-hydrogen) atoms. The van der Waals surface area contributed by atoms with E-state index in [1.54, 1.807) is 37.0 Å². The number of benzene rings is 2. The van der Waals surface area contributed by atoms with Crippen LogP contribution in [0.1, 0.15) is 73.8 Å². The van der Waals surface area contributed by atoms with Gasteiger partial charge in [0.2, 0.25) is 0 Å². The lowest BCUT2D eigenvalue weighted by atomic mass is 9.98. The predicted molar refractivity (Wildman–Crippen MR) is 137 cm³/mol. The summed E-state index contributed by atoms with van der Waals surface area (Å²) in [6.45, 7) is 8.70. The highest BCUT2D eigenvalue weighted by atomic mass is 16.7. The monoisotopic (exact) mass is 480 g/mol. The maximum atomic E-state index is 13.6. The highest BCUT2D eigenvalue weighted by Gasteiger charge is 2.28. The van der Waals surface area contributed by atoms with Crippen LogP contribution in [-0.2, 0) is 22.4 Å². The van der Waals surface area contributed by atoms with Crippen LogP contribution in [0.15, 0.2) is 53.3 Å². The van der Waals surface area contributed by atoms with Crippen molar-refractivity contribution in [2.24, 2.45) is 5.92 Å². The Hall–Kier alpha value is -3.16. The number of hydrogen-bond donors (Lipinski definition) is 1. The van der Waals surface area contributed by atoms with Crippen LogP contribution in [0, 0.1) is 5.92 Å². The molecule has 0 atom stereocenters. The van der Waals surface area contributed by atoms with Crippen LogP contribution >= 0.6 is 0 Å². The molecule has 188 valence electrons. The van der Waals surface area contributed by atoms with Gasteiger partial charge in [-0.2, -0.15) is 0 Å². The smallest absolute Gasteiger partial charge is 0.336 e. The normalized spacial score (nSPS) is 11.7. The number of ether oxygens (including phenoxy) is 2. The van der Waals surface area contributed by atoms with Crippen molar-refractivity contribution in [1.82, 2.24) is 9.13 Å². The van der Waals surface area contributed by atoms with E-state index in [0.29, 0.717) is 18.0 Å². The summed E-state index contributed by atoms with van der Waals surface area (Å²) in [6.07, 6.45) is 1.03. The molecular formula is C28H36N2O5. The zero-order valence-corrected chi connectivity index (χ0v) is 21.4. The third-order valence-corrected chi connectivity index (χ3v) is 6.21. The first-order chi connectivity index (χ1) is 16.7. The second kappa shape index (κ2) is 11.5. The first-order valence-electron chi connectivity index (χ1n) is 12.0. The first kappa shape index (κ1) is 26.4. The van der Waals surface area contributed by atoms with Crippen LogP contribution in [0.5, 0.6) is 0 Å². The second-order valence-corrected chi connectivity index (χ2v) is 9.45. The van der Waals surface area contributed by atoms with E-state index in [2.05, 4.69) is 13.8 Å². The fraction of sp³-hybridized carbons (Fsp3) is 0.429. The molecule has 0 amide bonds. The minimum absolute atomic E-state index is 0.0563. The van der Waals surface area contributed by atoms with E-state index in [1.165, 1.54) is 0 Å². The summed E-state index contributed by atoms with van der Waals surface area (Å²) in [5.74, 6) is -0.481. The van der Waals surface area contributed by atoms with Crippen molar-refractivity contribution >= 4 is 5.97 Å². The molecule has 3 rings (SSSR count). The number of imidazole rings is 1. The molecule has 1 heterocycles. The lowest BCUT2D eigenvalue weighted by molar-refractivity contribution is -0.111. The number of aromatic nitrogens is 2. The average molecular weight is 481 g/mol. The van der Waals surface area contributed by atoms with Crippen molar-refractivity contribution in [2.75, 3.05) is 14.2 Å². The minimum Gasteiger partial charge on any atom is -0.478 e. The summed E-state index contributed by atoms with van der Waals surface area (Å²) in [4.78, 5) is 25.2. The largest absolute Gasteiger partial charge is 0.478 e. The zero-order chi connectivity index (χ0) is 25.7. The lowest BCUT2D eigenvalue weighted by Crippen LogP contribution is -2.28. The zero-order valence-electron chi connectivity index (χ0n) is 21.4. The van der Waals surface area contributed by atoms with Crippen LogP contribution in [0.25, 0.3) is 11.1 Å². The Morgan fingerprint density at radius 3 is 2.14 bits per heavy atom. The van der Waals surface area contributed by atoms with Gasteiger partial charge in [-0.05, 0) is 55.4 Å². The minimum atomic E-state index is -0.959. The van der Waals surface area contributed by atoms with Gasteiger partial charge in [0.25, 0.3) is 0 Å². The Morgan fingerprint density at radius 1 is 0.971 bits per heavy atom. The molecule has 2 aromatic carbocycles. The van der Waals surface area contributed by atoms with E-state index in [1.807, 2.05) is 48.7 Å². The first-order valence-corrected chi connectivity index (χ1v) is 12.0. The molecule has 1 aromatic heterocycles. The number of carbonyl (C=O) groups is 1. The van der Waals surface area contributed by atoms with Gasteiger partial charge in [-0.3, -0.25) is 9.13 Å². The van der Waals surface area contributed by atoms with E-state index in [-0.39, 0.29) is 17.3 Å². The standard InChI is InChI=1S/C28H36N2O5/c1-18(2)11-16-24-25(27(34-5)35-6)30(19(3)4)28(33)29(24)17-20-12-14-21(15-13-20)22-9-7-8-10-23(22)26(31)32/h7-10,12-15,18-19,27H,11,16-17H2,1-6H3,(H,31,32). The SMILES string of the molecule is COC(OC)c1c(CCC(C)C)n(Cc2ccc(-c3ccccc3C(=O)O)cc2)c(=O)n1C(C)C. The average Bonchev–Trinajstić information content (AvgIpc) is 3.10. The van der Waals surface area contributed by atoms with Gasteiger partial charge in [0.05, 0.1) is 17.8 Å². The molecule has 0 radical (unpaired) electrons. The van der Waals surface area contributed by atoms with E-state index >= 15 is 0 Å². The summed E-state index contributed by atoms with van der Waals surface area (Å²) >= 11 is 0. The highest BCUT2D eigenvalue weighted by Crippen LogP contribution is 2.28. The van der Waals surface area contributed by atoms with E-state index in [0.717, 1.165) is 35.4 Å². The van der Waals surface area contributed by atoms with Crippen molar-refractivity contribution in [1.29, 1.82) is 0 Å². The molecule has 0 bridgehead atoms. The molecular weight excluding hydrogens is 444 g/mol. The van der Waals surface area contributed by atoms with Crippen LogP contribution in [0.2, 0.25) is 0 Å². The Morgan fingerprint density at radius 2 is 1.60 bits per heavy atom. The Kier molecular flexibility index (Phi) is 8.70. The lowest BCUT2D eigenvalue weighted by Gasteiger charge is -2.20. The highest BCUT2D eigenvalue weighted by molar-refractivity contribution is 5.95. The molecule has 1 N–H and O–H groups in total. The molecule has 0 aliphatic heterocycles. The summed E-state index contributed by atoms with van der Waals surface area (Å²) in [5.41, 5.74) is 4.29. The van der Waals surface area contributed by atoms with E-state index in [4.69, 9.17) is 9.47 Å². The topological polar surface area (TPSA) is 82.7 Å². The van der Waals surface area contributed by atoms with Crippen molar-refractivity contribution in [3.05, 3.63) is 81.5 Å². The molecule has 0 unspecified atom stereocenters. The molecule has 3 aromatic rings. The second-order valence-electron chi connectivity index (χ2n) is 9.45. The van der Waals surface area contributed by atoms with Gasteiger partial charge in [-0.25, -0.2) is 9.59 Å². The van der Waals surface area contributed by atoms with Crippen molar-refractivity contribution in [3.63, 3.8) is 0 Å². The van der Waals surface area contributed by atoms with Gasteiger partial charge in [0.15, 0.2) is 6.29 Å². The van der Waals surface area contributed by atoms with Crippen LogP contribution in [0.4, 0.5) is 0 Å². The Bertz CT molecular complexity index is 1200. The molecule has 0 aliphatic carbocycles. The maximum Gasteiger partial charge on any atom is 0.336 e. The molecule has 7 nitrogen and oxygen atoms in total. The van der Waals surface area contributed by atoms with E-state index < -0.39 is 12.3 Å². The summed E-state index contributed by atoms with van der Waals surface area (Å²) in [5, 5.41) is 9.52. The van der Waals surface area contributed by atoms with Crippen molar-refractivity contribution in [2.45, 2.75) is 59.4 Å². The van der Waals surface area contributed by atoms with Gasteiger partial charge >= 0.3 is 11.7 Å². The quantitative estimate of drug-likeness (QED) is 0.365. The third kappa shape index (κ3) is 5.74. The molecule has 0 aliphatic rings. The Balaban J connectivity index is 2.06.